The number of nitrogens with two attached hydrogens (primary N) is 1. The number of nitrogens with one attached hydrogen (secondary N) is 1. The Morgan fingerprint density at radius 2 is 2.05 bits per heavy atom. The maximum absolute atomic E-state index is 6.01. The summed E-state index contributed by atoms with van der Waals surface area (Å²) in [6.07, 6.45) is 0.855. The molecule has 0 aliphatic rings. The summed E-state index contributed by atoms with van der Waals surface area (Å²) >= 11 is 3.55. The summed E-state index contributed by atoms with van der Waals surface area (Å²) in [7, 11) is 0. The molecule has 3 rings (SSSR count). The zero-order valence-electron chi connectivity index (χ0n) is 11.0. The average molecular weight is 332 g/mol. The van der Waals surface area contributed by atoms with E-state index < -0.39 is 0 Å². The second-order valence-corrected chi connectivity index (χ2v) is 5.31. The molecular weight excluding hydrogens is 318 g/mol. The third kappa shape index (κ3) is 2.14. The van der Waals surface area contributed by atoms with Gasteiger partial charge in [-0.2, -0.15) is 5.10 Å². The van der Waals surface area contributed by atoms with Gasteiger partial charge >= 0.3 is 0 Å². The van der Waals surface area contributed by atoms with Gasteiger partial charge in [-0.15, -0.1) is 0 Å². The number of aromatic nitrogens is 2. The summed E-state index contributed by atoms with van der Waals surface area (Å²) in [5.41, 5.74) is 8.66. The third-order valence-electron chi connectivity index (χ3n) is 3.19. The molecule has 2 aromatic heterocycles. The van der Waals surface area contributed by atoms with E-state index in [1.54, 1.807) is 0 Å². The van der Waals surface area contributed by atoms with Crippen molar-refractivity contribution in [2.75, 3.05) is 5.73 Å². The number of hydrogen-bond acceptors (Lipinski definition) is 3. The number of nitrogen functional groups attached to an aromatic ring is 1. The molecule has 4 nitrogen and oxygen atoms in total. The van der Waals surface area contributed by atoms with Crippen LogP contribution in [0, 0.1) is 0 Å². The van der Waals surface area contributed by atoms with Crippen molar-refractivity contribution < 1.29 is 4.42 Å². The van der Waals surface area contributed by atoms with Gasteiger partial charge in [0.05, 0.1) is 5.56 Å². The minimum atomic E-state index is 0.460. The molecule has 5 heteroatoms. The molecule has 0 spiro atoms. The normalized spacial score (nSPS) is 10.9. The Hall–Kier alpha value is -2.01. The molecule has 0 unspecified atom stereocenters. The van der Waals surface area contributed by atoms with Gasteiger partial charge in [0, 0.05) is 16.5 Å². The van der Waals surface area contributed by atoms with E-state index in [0.717, 1.165) is 39.2 Å². The summed E-state index contributed by atoms with van der Waals surface area (Å²) in [4.78, 5) is 0. The van der Waals surface area contributed by atoms with Gasteiger partial charge in [-0.3, -0.25) is 5.10 Å². The minimum absolute atomic E-state index is 0.460. The number of halogens is 1. The molecule has 3 N–H and O–H groups in total. The fourth-order valence-corrected chi connectivity index (χ4v) is 2.66. The highest BCUT2D eigenvalue weighted by Crippen LogP contribution is 2.38. The maximum atomic E-state index is 6.01. The number of benzene rings is 1. The predicted molar refractivity (Wildman–Crippen MR) is 83.2 cm³/mol. The zero-order chi connectivity index (χ0) is 14.1. The summed E-state index contributed by atoms with van der Waals surface area (Å²) in [6, 6.07) is 11.8. The molecule has 0 bridgehead atoms. The van der Waals surface area contributed by atoms with Crippen molar-refractivity contribution >= 4 is 21.7 Å². The van der Waals surface area contributed by atoms with Gasteiger partial charge < -0.3 is 10.2 Å². The Morgan fingerprint density at radius 1 is 1.25 bits per heavy atom. The molecule has 0 fully saturated rings. The van der Waals surface area contributed by atoms with Gasteiger partial charge in [-0.05, 0) is 18.2 Å². The lowest BCUT2D eigenvalue weighted by molar-refractivity contribution is 0.527. The number of anilines is 1. The van der Waals surface area contributed by atoms with Crippen LogP contribution in [0.25, 0.3) is 22.6 Å². The second kappa shape index (κ2) is 5.17. The molecule has 20 heavy (non-hydrogen) atoms. The highest BCUT2D eigenvalue weighted by molar-refractivity contribution is 9.10. The molecule has 0 aliphatic heterocycles. The topological polar surface area (TPSA) is 67.8 Å². The summed E-state index contributed by atoms with van der Waals surface area (Å²) in [5, 5.41) is 7.08. The molecule has 3 aromatic rings. The first kappa shape index (κ1) is 13.0. The lowest BCUT2D eigenvalue weighted by Crippen LogP contribution is -1.89. The molecule has 0 atom stereocenters. The van der Waals surface area contributed by atoms with Gasteiger partial charge in [0.15, 0.2) is 11.6 Å². The van der Waals surface area contributed by atoms with E-state index in [-0.39, 0.29) is 0 Å². The fourth-order valence-electron chi connectivity index (χ4n) is 2.17. The maximum Gasteiger partial charge on any atom is 0.153 e. The lowest BCUT2D eigenvalue weighted by Gasteiger charge is -2.05. The quantitative estimate of drug-likeness (QED) is 0.754. The van der Waals surface area contributed by atoms with Gasteiger partial charge in [-0.1, -0.05) is 41.1 Å². The molecule has 0 saturated heterocycles. The average Bonchev–Trinajstić information content (AvgIpc) is 3.06. The van der Waals surface area contributed by atoms with Crippen molar-refractivity contribution in [1.29, 1.82) is 0 Å². The number of rotatable bonds is 3. The Labute approximate surface area is 125 Å². The number of nitrogens with zero attached hydrogens (tertiary/aromatic N) is 1. The van der Waals surface area contributed by atoms with Crippen molar-refractivity contribution in [3.8, 4) is 22.6 Å². The van der Waals surface area contributed by atoms with Crippen LogP contribution in [0.15, 0.2) is 45.3 Å². The monoisotopic (exact) mass is 331 g/mol. The van der Waals surface area contributed by atoms with E-state index in [9.17, 15) is 0 Å². The van der Waals surface area contributed by atoms with Crippen LogP contribution in [0.1, 0.15) is 12.7 Å². The Morgan fingerprint density at radius 3 is 2.75 bits per heavy atom. The number of hydrogen-bond donors (Lipinski definition) is 2. The van der Waals surface area contributed by atoms with Crippen molar-refractivity contribution in [2.24, 2.45) is 0 Å². The van der Waals surface area contributed by atoms with Gasteiger partial charge in [0.1, 0.15) is 11.5 Å². The largest absolute Gasteiger partial charge is 0.459 e. The standard InChI is InChI=1S/C15H14BrN3O/c1-2-9-7-8-12(20-9)14-13(15(17)19-18-14)10-5-3-4-6-11(10)16/h3-8H,2H2,1H3,(H3,17,18,19). The van der Waals surface area contributed by atoms with Crippen LogP contribution < -0.4 is 5.73 Å². The second-order valence-electron chi connectivity index (χ2n) is 4.46. The Balaban J connectivity index is 2.17. The van der Waals surface area contributed by atoms with Crippen LogP contribution in [-0.4, -0.2) is 10.2 Å². The lowest BCUT2D eigenvalue weighted by atomic mass is 10.0. The van der Waals surface area contributed by atoms with E-state index in [1.165, 1.54) is 0 Å². The third-order valence-corrected chi connectivity index (χ3v) is 3.89. The summed E-state index contributed by atoms with van der Waals surface area (Å²) in [5.74, 6) is 2.14. The van der Waals surface area contributed by atoms with Gasteiger partial charge in [0.25, 0.3) is 0 Å². The van der Waals surface area contributed by atoms with Crippen molar-refractivity contribution in [2.45, 2.75) is 13.3 Å². The van der Waals surface area contributed by atoms with Crippen LogP contribution in [0.5, 0.6) is 0 Å². The SMILES string of the molecule is CCc1ccc(-c2[nH]nc(N)c2-c2ccccc2Br)o1. The van der Waals surface area contributed by atoms with E-state index in [1.807, 2.05) is 36.4 Å². The predicted octanol–water partition coefficient (Wildman–Crippen LogP) is 4.24. The Kier molecular flexibility index (Phi) is 3.36. The van der Waals surface area contributed by atoms with Crippen molar-refractivity contribution in [3.63, 3.8) is 0 Å². The van der Waals surface area contributed by atoms with Crippen LogP contribution in [0.3, 0.4) is 0 Å². The summed E-state index contributed by atoms with van der Waals surface area (Å²) in [6.45, 7) is 2.05. The number of aromatic amines is 1. The van der Waals surface area contributed by atoms with E-state index in [4.69, 9.17) is 10.2 Å². The molecule has 1 aromatic carbocycles. The minimum Gasteiger partial charge on any atom is -0.459 e. The highest BCUT2D eigenvalue weighted by Gasteiger charge is 2.18. The number of furan rings is 1. The van der Waals surface area contributed by atoms with Gasteiger partial charge in [-0.25, -0.2) is 0 Å². The van der Waals surface area contributed by atoms with Crippen LogP contribution in [0.2, 0.25) is 0 Å². The van der Waals surface area contributed by atoms with Crippen LogP contribution in [0.4, 0.5) is 5.82 Å². The number of H-pyrrole nitrogens is 1. The van der Waals surface area contributed by atoms with E-state index >= 15 is 0 Å². The van der Waals surface area contributed by atoms with Crippen molar-refractivity contribution in [1.82, 2.24) is 10.2 Å². The first-order valence-corrected chi connectivity index (χ1v) is 7.17. The molecule has 0 aliphatic carbocycles. The number of aryl methyl sites for hydroxylation is 1. The van der Waals surface area contributed by atoms with E-state index in [2.05, 4.69) is 33.1 Å². The smallest absolute Gasteiger partial charge is 0.153 e. The van der Waals surface area contributed by atoms with Crippen LogP contribution >= 0.6 is 15.9 Å². The molecular formula is C15H14BrN3O. The summed E-state index contributed by atoms with van der Waals surface area (Å²) < 4.78 is 6.76. The molecule has 2 heterocycles. The molecule has 0 amide bonds. The first-order valence-electron chi connectivity index (χ1n) is 6.38. The molecule has 0 saturated carbocycles. The fraction of sp³-hybridized carbons (Fsp3) is 0.133. The molecule has 102 valence electrons. The van der Waals surface area contributed by atoms with E-state index in [0.29, 0.717) is 5.82 Å². The van der Waals surface area contributed by atoms with Crippen LogP contribution in [-0.2, 0) is 6.42 Å². The van der Waals surface area contributed by atoms with Crippen molar-refractivity contribution in [3.05, 3.63) is 46.6 Å². The zero-order valence-corrected chi connectivity index (χ0v) is 12.6. The van der Waals surface area contributed by atoms with Gasteiger partial charge in [0.2, 0.25) is 0 Å². The molecule has 0 radical (unpaired) electrons. The first-order chi connectivity index (χ1) is 9.70. The Bertz CT molecular complexity index is 745. The highest BCUT2D eigenvalue weighted by atomic mass is 79.9.